The monoisotopic (exact) mass is 385 g/mol. The molecule has 2 saturated heterocycles. The Hall–Kier alpha value is -1.43. The first kappa shape index (κ1) is 18.9. The Labute approximate surface area is 167 Å². The normalized spacial score (nSPS) is 29.4. The van der Waals surface area contributed by atoms with Crippen LogP contribution in [0.1, 0.15) is 36.4 Å². The minimum absolute atomic E-state index is 0. The first-order chi connectivity index (χ1) is 12.7. The molecule has 2 aromatic carbocycles. The predicted octanol–water partition coefficient (Wildman–Crippen LogP) is 4.00. The summed E-state index contributed by atoms with van der Waals surface area (Å²) in [6, 6.07) is 19.4. The fourth-order valence-corrected chi connectivity index (χ4v) is 5.48. The van der Waals surface area contributed by atoms with Crippen LogP contribution in [-0.4, -0.2) is 36.7 Å². The van der Waals surface area contributed by atoms with E-state index in [2.05, 4.69) is 34.5 Å². The van der Waals surface area contributed by atoms with Crippen molar-refractivity contribution in [3.63, 3.8) is 0 Å². The molecule has 0 aromatic heterocycles. The molecule has 1 unspecified atom stereocenters. The molecule has 2 aliphatic heterocycles. The predicted molar refractivity (Wildman–Crippen MR) is 113 cm³/mol. The third-order valence-electron chi connectivity index (χ3n) is 7.00. The number of hydroxylamine groups is 2. The number of fused-ring (bicyclic) bond motifs is 1. The lowest BCUT2D eigenvalue weighted by atomic mass is 9.85. The summed E-state index contributed by atoms with van der Waals surface area (Å²) in [7, 11) is 0. The third-order valence-corrected chi connectivity index (χ3v) is 7.00. The van der Waals surface area contributed by atoms with Crippen LogP contribution in [0.3, 0.4) is 0 Å². The molecule has 0 saturated carbocycles. The zero-order valence-electron chi connectivity index (χ0n) is 15.6. The highest BCUT2D eigenvalue weighted by Crippen LogP contribution is 2.44. The van der Waals surface area contributed by atoms with Crippen LogP contribution in [0.25, 0.3) is 0 Å². The van der Waals surface area contributed by atoms with E-state index in [0.29, 0.717) is 12.7 Å². The van der Waals surface area contributed by atoms with Crippen LogP contribution in [-0.2, 0) is 6.42 Å². The van der Waals surface area contributed by atoms with Gasteiger partial charge in [-0.2, -0.15) is 0 Å². The van der Waals surface area contributed by atoms with E-state index in [1.807, 2.05) is 30.3 Å². The fraction of sp³-hybridized carbons (Fsp3) is 0.455. The van der Waals surface area contributed by atoms with E-state index in [9.17, 15) is 5.21 Å². The van der Waals surface area contributed by atoms with E-state index >= 15 is 0 Å². The second-order valence-corrected chi connectivity index (χ2v) is 8.17. The van der Waals surface area contributed by atoms with Crippen molar-refractivity contribution >= 4 is 18.1 Å². The van der Waals surface area contributed by atoms with E-state index in [4.69, 9.17) is 0 Å². The molecule has 3 aliphatic rings. The van der Waals surface area contributed by atoms with Gasteiger partial charge in [0.15, 0.2) is 0 Å². The summed E-state index contributed by atoms with van der Waals surface area (Å²) in [6.07, 6.45) is 4.35. The maximum atomic E-state index is 13.9. The molecular formula is C22H28ClN3O. The summed E-state index contributed by atoms with van der Waals surface area (Å²) >= 11 is 0. The molecule has 1 N–H and O–H groups in total. The molecule has 4 nitrogen and oxygen atoms in total. The number of quaternary nitrogens is 1. The Morgan fingerprint density at radius 2 is 1.70 bits per heavy atom. The van der Waals surface area contributed by atoms with Gasteiger partial charge in [0.2, 0.25) is 0 Å². The molecule has 2 fully saturated rings. The lowest BCUT2D eigenvalue weighted by Crippen LogP contribution is -2.63. The zero-order valence-corrected chi connectivity index (χ0v) is 16.5. The average molecular weight is 386 g/mol. The first-order valence-corrected chi connectivity index (χ1v) is 9.89. The van der Waals surface area contributed by atoms with E-state index in [1.54, 1.807) is 0 Å². The summed E-state index contributed by atoms with van der Waals surface area (Å²) in [5, 5.41) is 17.3. The second kappa shape index (κ2) is 7.19. The number of likely N-dealkylation sites (tertiary alicyclic amines) is 1. The molecule has 0 radical (unpaired) electrons. The maximum Gasteiger partial charge on any atom is 0.137 e. The van der Waals surface area contributed by atoms with Gasteiger partial charge in [-0.05, 0) is 36.1 Å². The Morgan fingerprint density at radius 3 is 2.48 bits per heavy atom. The summed E-state index contributed by atoms with van der Waals surface area (Å²) in [6.45, 7) is 3.38. The molecule has 1 spiro atoms. The van der Waals surface area contributed by atoms with Gasteiger partial charge in [0.05, 0.1) is 6.54 Å². The number of hydrogen-bond acceptors (Lipinski definition) is 3. The Kier molecular flexibility index (Phi) is 5.04. The van der Waals surface area contributed by atoms with Crippen LogP contribution < -0.4 is 9.96 Å². The minimum atomic E-state index is -0.212. The van der Waals surface area contributed by atoms with Crippen LogP contribution in [0, 0.1) is 5.21 Å². The van der Waals surface area contributed by atoms with Crippen LogP contribution in [0.4, 0.5) is 5.69 Å². The smallest absolute Gasteiger partial charge is 0.137 e. The van der Waals surface area contributed by atoms with Gasteiger partial charge in [-0.1, -0.05) is 42.5 Å². The van der Waals surface area contributed by atoms with Crippen molar-refractivity contribution < 1.29 is 0 Å². The highest BCUT2D eigenvalue weighted by molar-refractivity contribution is 5.85. The van der Waals surface area contributed by atoms with Crippen LogP contribution in [0.15, 0.2) is 54.6 Å². The molecule has 144 valence electrons. The van der Waals surface area contributed by atoms with Crippen molar-refractivity contribution in [3.05, 3.63) is 70.9 Å². The van der Waals surface area contributed by atoms with Crippen LogP contribution in [0.2, 0.25) is 0 Å². The van der Waals surface area contributed by atoms with Crippen molar-refractivity contribution in [2.24, 2.45) is 0 Å². The summed E-state index contributed by atoms with van der Waals surface area (Å²) in [5.41, 5.74) is 3.71. The van der Waals surface area contributed by atoms with E-state index < -0.39 is 0 Å². The summed E-state index contributed by atoms with van der Waals surface area (Å²) < 4.78 is -0.205. The van der Waals surface area contributed by atoms with Gasteiger partial charge in [-0.3, -0.25) is 10.2 Å². The van der Waals surface area contributed by atoms with Gasteiger partial charge in [-0.15, -0.1) is 12.4 Å². The fourth-order valence-electron chi connectivity index (χ4n) is 5.48. The summed E-state index contributed by atoms with van der Waals surface area (Å²) in [4.78, 5) is 2.63. The molecule has 2 aromatic rings. The molecule has 1 aliphatic carbocycles. The topological polar surface area (TPSA) is 38.3 Å². The average Bonchev–Trinajstić information content (AvgIpc) is 3.26. The van der Waals surface area contributed by atoms with Gasteiger partial charge in [0, 0.05) is 32.0 Å². The van der Waals surface area contributed by atoms with E-state index in [-0.39, 0.29) is 22.6 Å². The molecular weight excluding hydrogens is 358 g/mol. The molecule has 27 heavy (non-hydrogen) atoms. The van der Waals surface area contributed by atoms with Crippen molar-refractivity contribution in [1.82, 2.24) is 14.9 Å². The number of aryl methyl sites for hydroxylation is 1. The van der Waals surface area contributed by atoms with Crippen LogP contribution >= 0.6 is 12.4 Å². The van der Waals surface area contributed by atoms with Gasteiger partial charge in [0.1, 0.15) is 17.9 Å². The molecule has 5 heteroatoms. The van der Waals surface area contributed by atoms with Gasteiger partial charge < -0.3 is 9.85 Å². The lowest BCUT2D eigenvalue weighted by Gasteiger charge is -2.54. The molecule has 0 bridgehead atoms. The van der Waals surface area contributed by atoms with Crippen molar-refractivity contribution in [2.45, 2.75) is 37.3 Å². The number of piperidine rings is 1. The second-order valence-electron chi connectivity index (χ2n) is 8.17. The minimum Gasteiger partial charge on any atom is -0.626 e. The number of halogens is 1. The van der Waals surface area contributed by atoms with Gasteiger partial charge in [0.25, 0.3) is 0 Å². The SMILES string of the molecule is Cl.[O-][N@+]1(c2ccccc2)CNCC12CCN(C1CCc3ccccc31)CC2. The number of nitrogens with one attached hydrogen (secondary N) is 1. The number of rotatable bonds is 2. The Bertz CT molecular complexity index is 791. The Morgan fingerprint density at radius 1 is 1.00 bits per heavy atom. The lowest BCUT2D eigenvalue weighted by molar-refractivity contribution is 0.0682. The zero-order chi connectivity index (χ0) is 17.6. The van der Waals surface area contributed by atoms with Crippen molar-refractivity contribution in [3.8, 4) is 0 Å². The Balaban J connectivity index is 0.00000180. The molecule has 0 amide bonds. The number of benzene rings is 2. The largest absolute Gasteiger partial charge is 0.626 e. The van der Waals surface area contributed by atoms with E-state index in [0.717, 1.165) is 38.2 Å². The van der Waals surface area contributed by atoms with Crippen molar-refractivity contribution in [1.29, 1.82) is 0 Å². The maximum absolute atomic E-state index is 13.9. The highest BCUT2D eigenvalue weighted by Gasteiger charge is 2.53. The third kappa shape index (κ3) is 2.91. The van der Waals surface area contributed by atoms with Gasteiger partial charge in [-0.25, -0.2) is 0 Å². The number of hydrogen-bond donors (Lipinski definition) is 1. The molecule has 2 heterocycles. The van der Waals surface area contributed by atoms with E-state index in [1.165, 1.54) is 24.0 Å². The molecule has 5 rings (SSSR count). The summed E-state index contributed by atoms with van der Waals surface area (Å²) in [5.74, 6) is 0. The van der Waals surface area contributed by atoms with Gasteiger partial charge >= 0.3 is 0 Å². The molecule has 2 atom stereocenters. The van der Waals surface area contributed by atoms with Crippen LogP contribution in [0.5, 0.6) is 0 Å². The first-order valence-electron chi connectivity index (χ1n) is 9.89. The number of nitrogens with zero attached hydrogens (tertiary/aromatic N) is 2. The quantitative estimate of drug-likeness (QED) is 0.627. The highest BCUT2D eigenvalue weighted by atomic mass is 35.5. The van der Waals surface area contributed by atoms with Crippen molar-refractivity contribution in [2.75, 3.05) is 26.3 Å². The number of para-hydroxylation sites is 1. The standard InChI is InChI=1S/C22H27N3O.ClH/c26-25(19-7-2-1-3-8-19)17-23-16-22(25)12-14-24(15-13-22)21-11-10-18-6-4-5-9-20(18)21;/h1-9,21,23H,10-17H2;1H/t21?,25-;/m0./s1.